The lowest BCUT2D eigenvalue weighted by molar-refractivity contribution is -0.121. The van der Waals surface area contributed by atoms with E-state index in [1.807, 2.05) is 12.1 Å². The van der Waals surface area contributed by atoms with Crippen molar-refractivity contribution < 1.29 is 4.79 Å². The minimum Gasteiger partial charge on any atom is -0.353 e. The molecule has 1 amide bonds. The third-order valence-electron chi connectivity index (χ3n) is 4.78. The maximum atomic E-state index is 12.1. The average Bonchev–Trinajstić information content (AvgIpc) is 3.06. The molecule has 1 aromatic carbocycles. The van der Waals surface area contributed by atoms with Crippen LogP contribution < -0.4 is 5.32 Å². The molecule has 1 aromatic heterocycles. The Morgan fingerprint density at radius 2 is 2.08 bits per heavy atom. The van der Waals surface area contributed by atoms with E-state index in [-0.39, 0.29) is 5.91 Å². The first-order chi connectivity index (χ1) is 12.1. The van der Waals surface area contributed by atoms with E-state index in [0.717, 1.165) is 29.2 Å². The summed E-state index contributed by atoms with van der Waals surface area (Å²) in [5, 5.41) is 15.9. The Morgan fingerprint density at radius 3 is 2.88 bits per heavy atom. The second-order valence-electron chi connectivity index (χ2n) is 6.59. The van der Waals surface area contributed by atoms with E-state index in [1.54, 1.807) is 4.68 Å². The Hall–Kier alpha value is -1.89. The zero-order valence-corrected chi connectivity index (χ0v) is 15.7. The Balaban J connectivity index is 1.55. The highest BCUT2D eigenvalue weighted by molar-refractivity contribution is 7.99. The molecular weight excluding hydrogens is 334 g/mol. The zero-order valence-electron chi connectivity index (χ0n) is 14.9. The average molecular weight is 359 g/mol. The highest BCUT2D eigenvalue weighted by Crippen LogP contribution is 2.23. The second-order valence-corrected chi connectivity index (χ2v) is 7.66. The summed E-state index contributed by atoms with van der Waals surface area (Å²) in [6.45, 7) is 4.14. The van der Waals surface area contributed by atoms with Crippen molar-refractivity contribution in [3.63, 3.8) is 0 Å². The lowest BCUT2D eigenvalue weighted by Gasteiger charge is -2.22. The summed E-state index contributed by atoms with van der Waals surface area (Å²) < 4.78 is 1.76. The van der Waals surface area contributed by atoms with Crippen LogP contribution >= 0.6 is 11.8 Å². The molecule has 7 heteroatoms. The van der Waals surface area contributed by atoms with Gasteiger partial charge in [-0.25, -0.2) is 0 Å². The van der Waals surface area contributed by atoms with Crippen LogP contribution in [-0.4, -0.2) is 37.9 Å². The van der Waals surface area contributed by atoms with Crippen LogP contribution in [0.5, 0.6) is 0 Å². The minimum atomic E-state index is 0.130. The number of hydrogen-bond donors (Lipinski definition) is 1. The number of tetrazole rings is 1. The van der Waals surface area contributed by atoms with Gasteiger partial charge in [0.25, 0.3) is 0 Å². The van der Waals surface area contributed by atoms with Gasteiger partial charge in [-0.3, -0.25) is 4.79 Å². The van der Waals surface area contributed by atoms with E-state index in [4.69, 9.17) is 0 Å². The molecular formula is C18H25N5OS. The van der Waals surface area contributed by atoms with Crippen molar-refractivity contribution in [2.45, 2.75) is 63.6 Å². The lowest BCUT2D eigenvalue weighted by atomic mass is 9.95. The minimum absolute atomic E-state index is 0.130. The van der Waals surface area contributed by atoms with Crippen LogP contribution in [0.1, 0.15) is 49.7 Å². The Morgan fingerprint density at radius 1 is 1.28 bits per heavy atom. The molecule has 1 saturated carbocycles. The van der Waals surface area contributed by atoms with Crippen LogP contribution in [0.2, 0.25) is 0 Å². The molecule has 0 unspecified atom stereocenters. The van der Waals surface area contributed by atoms with Gasteiger partial charge in [-0.15, -0.1) is 5.10 Å². The standard InChI is InChI=1S/C18H25N5OS/c1-13-7-6-10-16(14(13)2)23-18(20-21-22-23)25-12-11-17(24)19-15-8-4-3-5-9-15/h6-7,10,15H,3-5,8-9,11-12H2,1-2H3,(H,19,24). The predicted molar refractivity (Wildman–Crippen MR) is 99.0 cm³/mol. The van der Waals surface area contributed by atoms with Crippen molar-refractivity contribution in [2.24, 2.45) is 0 Å². The summed E-state index contributed by atoms with van der Waals surface area (Å²) in [4.78, 5) is 12.1. The van der Waals surface area contributed by atoms with Gasteiger partial charge in [-0.1, -0.05) is 43.2 Å². The number of amides is 1. The third-order valence-corrected chi connectivity index (χ3v) is 5.70. The second kappa shape index (κ2) is 8.47. The van der Waals surface area contributed by atoms with Gasteiger partial charge < -0.3 is 5.32 Å². The summed E-state index contributed by atoms with van der Waals surface area (Å²) >= 11 is 1.52. The van der Waals surface area contributed by atoms with Crippen molar-refractivity contribution in [1.82, 2.24) is 25.5 Å². The fraction of sp³-hybridized carbons (Fsp3) is 0.556. The molecule has 1 aliphatic carbocycles. The molecule has 134 valence electrons. The maximum Gasteiger partial charge on any atom is 0.221 e. The molecule has 0 saturated heterocycles. The van der Waals surface area contributed by atoms with Gasteiger partial charge in [0.05, 0.1) is 5.69 Å². The number of carbonyl (C=O) groups excluding carboxylic acids is 1. The monoisotopic (exact) mass is 359 g/mol. The highest BCUT2D eigenvalue weighted by Gasteiger charge is 2.16. The number of aromatic nitrogens is 4. The fourth-order valence-electron chi connectivity index (χ4n) is 3.17. The van der Waals surface area contributed by atoms with Gasteiger partial charge in [-0.2, -0.15) is 4.68 Å². The number of rotatable bonds is 6. The SMILES string of the molecule is Cc1cccc(-n2nnnc2SCCC(=O)NC2CCCCC2)c1C. The first kappa shape index (κ1) is 17.9. The number of aryl methyl sites for hydroxylation is 1. The van der Waals surface area contributed by atoms with Crippen LogP contribution in [0.15, 0.2) is 23.4 Å². The van der Waals surface area contributed by atoms with E-state index >= 15 is 0 Å². The van der Waals surface area contributed by atoms with Crippen molar-refractivity contribution in [3.8, 4) is 5.69 Å². The quantitative estimate of drug-likeness (QED) is 0.802. The Kier molecular flexibility index (Phi) is 6.07. The molecule has 0 bridgehead atoms. The van der Waals surface area contributed by atoms with E-state index in [2.05, 4.69) is 40.8 Å². The molecule has 0 atom stereocenters. The van der Waals surface area contributed by atoms with Gasteiger partial charge in [0.2, 0.25) is 11.1 Å². The molecule has 0 radical (unpaired) electrons. The van der Waals surface area contributed by atoms with Crippen LogP contribution in [0, 0.1) is 13.8 Å². The maximum absolute atomic E-state index is 12.1. The molecule has 0 spiro atoms. The summed E-state index contributed by atoms with van der Waals surface area (Å²) in [5.41, 5.74) is 3.35. The van der Waals surface area contributed by atoms with E-state index in [1.165, 1.54) is 36.6 Å². The van der Waals surface area contributed by atoms with Crippen LogP contribution in [0.4, 0.5) is 0 Å². The zero-order chi connectivity index (χ0) is 17.6. The number of nitrogens with one attached hydrogen (secondary N) is 1. The van der Waals surface area contributed by atoms with Crippen molar-refractivity contribution >= 4 is 17.7 Å². The number of hydrogen-bond acceptors (Lipinski definition) is 5. The molecule has 25 heavy (non-hydrogen) atoms. The van der Waals surface area contributed by atoms with Crippen molar-refractivity contribution in [1.29, 1.82) is 0 Å². The van der Waals surface area contributed by atoms with Crippen LogP contribution in [0.3, 0.4) is 0 Å². The highest BCUT2D eigenvalue weighted by atomic mass is 32.2. The van der Waals surface area contributed by atoms with Crippen molar-refractivity contribution in [3.05, 3.63) is 29.3 Å². The van der Waals surface area contributed by atoms with E-state index in [0.29, 0.717) is 18.2 Å². The Bertz CT molecular complexity index is 724. The molecule has 2 aromatic rings. The van der Waals surface area contributed by atoms with E-state index < -0.39 is 0 Å². The first-order valence-electron chi connectivity index (χ1n) is 8.92. The molecule has 1 N–H and O–H groups in total. The molecule has 6 nitrogen and oxygen atoms in total. The van der Waals surface area contributed by atoms with Crippen molar-refractivity contribution in [2.75, 3.05) is 5.75 Å². The normalized spacial score (nSPS) is 15.3. The number of nitrogens with zero attached hydrogens (tertiary/aromatic N) is 4. The number of thioether (sulfide) groups is 1. The summed E-state index contributed by atoms with van der Waals surface area (Å²) in [6.07, 6.45) is 6.46. The molecule has 1 aliphatic rings. The van der Waals surface area contributed by atoms with Gasteiger partial charge in [-0.05, 0) is 54.3 Å². The van der Waals surface area contributed by atoms with Crippen LogP contribution in [-0.2, 0) is 4.79 Å². The first-order valence-corrected chi connectivity index (χ1v) is 9.91. The van der Waals surface area contributed by atoms with Gasteiger partial charge in [0.1, 0.15) is 0 Å². The topological polar surface area (TPSA) is 72.7 Å². The van der Waals surface area contributed by atoms with Gasteiger partial charge in [0.15, 0.2) is 0 Å². The van der Waals surface area contributed by atoms with E-state index in [9.17, 15) is 4.79 Å². The molecule has 0 aliphatic heterocycles. The largest absolute Gasteiger partial charge is 0.353 e. The van der Waals surface area contributed by atoms with Gasteiger partial charge >= 0.3 is 0 Å². The summed E-state index contributed by atoms with van der Waals surface area (Å²) in [6, 6.07) is 6.46. The summed E-state index contributed by atoms with van der Waals surface area (Å²) in [7, 11) is 0. The molecule has 1 heterocycles. The molecule has 1 fully saturated rings. The predicted octanol–water partition coefficient (Wildman–Crippen LogP) is 3.21. The number of carbonyl (C=O) groups is 1. The van der Waals surface area contributed by atoms with Crippen LogP contribution in [0.25, 0.3) is 5.69 Å². The smallest absolute Gasteiger partial charge is 0.221 e. The third kappa shape index (κ3) is 4.60. The molecule has 3 rings (SSSR count). The fourth-order valence-corrected chi connectivity index (χ4v) is 3.99. The van der Waals surface area contributed by atoms with Gasteiger partial charge in [0, 0.05) is 18.2 Å². The lowest BCUT2D eigenvalue weighted by Crippen LogP contribution is -2.36. The Labute approximate surface area is 152 Å². The number of benzene rings is 1. The summed E-state index contributed by atoms with van der Waals surface area (Å²) in [5.74, 6) is 0.800.